The molecule has 0 amide bonds. The molecule has 0 aromatic heterocycles. The van der Waals surface area contributed by atoms with Crippen molar-refractivity contribution in [3.05, 3.63) is 33.4 Å². The first kappa shape index (κ1) is 11.8. The van der Waals surface area contributed by atoms with Crippen molar-refractivity contribution in [2.75, 3.05) is 7.11 Å². The largest absolute Gasteiger partial charge is 0.496 e. The molecule has 0 N–H and O–H groups in total. The molecular weight excluding hydrogens is 214 g/mol. The Hall–Kier alpha value is -2.24. The van der Waals surface area contributed by atoms with Crippen LogP contribution in [0.4, 0.5) is 5.69 Å². The molecule has 0 saturated heterocycles. The van der Waals surface area contributed by atoms with Gasteiger partial charge in [0.2, 0.25) is 0 Å². The van der Waals surface area contributed by atoms with Crippen molar-refractivity contribution < 1.29 is 19.2 Å². The molecular formula is C10H9NO5. The molecule has 1 rings (SSSR count). The summed E-state index contributed by atoms with van der Waals surface area (Å²) in [4.78, 5) is 31.8. The van der Waals surface area contributed by atoms with Crippen LogP contribution in [0.25, 0.3) is 0 Å². The summed E-state index contributed by atoms with van der Waals surface area (Å²) in [5.41, 5.74) is -0.466. The highest BCUT2D eigenvalue weighted by Crippen LogP contribution is 2.28. The van der Waals surface area contributed by atoms with Gasteiger partial charge in [-0.3, -0.25) is 19.7 Å². The fourth-order valence-corrected chi connectivity index (χ4v) is 1.25. The fraction of sp³-hybridized carbons (Fsp3) is 0.200. The minimum Gasteiger partial charge on any atom is -0.496 e. The first-order chi connectivity index (χ1) is 7.51. The van der Waals surface area contributed by atoms with Crippen LogP contribution in [0, 0.1) is 10.1 Å². The summed E-state index contributed by atoms with van der Waals surface area (Å²) in [5.74, 6) is -0.312. The van der Waals surface area contributed by atoms with Gasteiger partial charge in [-0.1, -0.05) is 0 Å². The van der Waals surface area contributed by atoms with Crippen LogP contribution in [0.5, 0.6) is 5.75 Å². The van der Waals surface area contributed by atoms with E-state index < -0.39 is 10.6 Å². The highest BCUT2D eigenvalue weighted by Gasteiger charge is 2.21. The average Bonchev–Trinajstić information content (AvgIpc) is 2.26. The Bertz CT molecular complexity index is 467. The average molecular weight is 223 g/mol. The second-order valence-electron chi connectivity index (χ2n) is 3.04. The minimum absolute atomic E-state index is 0.0226. The lowest BCUT2D eigenvalue weighted by Gasteiger charge is -2.05. The lowest BCUT2D eigenvalue weighted by Crippen LogP contribution is -2.02. The quantitative estimate of drug-likeness (QED) is 0.335. The molecule has 16 heavy (non-hydrogen) atoms. The van der Waals surface area contributed by atoms with E-state index in [0.29, 0.717) is 6.29 Å². The van der Waals surface area contributed by atoms with E-state index in [2.05, 4.69) is 0 Å². The fourth-order valence-electron chi connectivity index (χ4n) is 1.25. The molecule has 0 bridgehead atoms. The standard InChI is InChI=1S/C10H9NO5/c1-6(13)7-3-9(11(14)15)8(5-12)10(4-7)16-2/h3-5H,1-2H3. The van der Waals surface area contributed by atoms with E-state index in [-0.39, 0.29) is 22.7 Å². The van der Waals surface area contributed by atoms with Gasteiger partial charge in [-0.2, -0.15) is 0 Å². The smallest absolute Gasteiger partial charge is 0.284 e. The minimum atomic E-state index is -0.724. The number of ether oxygens (including phenoxy) is 1. The van der Waals surface area contributed by atoms with E-state index in [1.54, 1.807) is 0 Å². The molecule has 84 valence electrons. The molecule has 0 aliphatic heterocycles. The third-order valence-electron chi connectivity index (χ3n) is 2.06. The number of carbonyl (C=O) groups excluding carboxylic acids is 2. The molecule has 0 spiro atoms. The van der Waals surface area contributed by atoms with Crippen molar-refractivity contribution in [2.45, 2.75) is 6.92 Å². The highest BCUT2D eigenvalue weighted by atomic mass is 16.6. The van der Waals surface area contributed by atoms with E-state index in [1.165, 1.54) is 20.1 Å². The summed E-state index contributed by atoms with van der Waals surface area (Å²) in [6.45, 7) is 1.28. The van der Waals surface area contributed by atoms with Crippen LogP contribution in [-0.4, -0.2) is 24.1 Å². The summed E-state index contributed by atoms with van der Waals surface area (Å²) in [5, 5.41) is 10.7. The SMILES string of the molecule is COc1cc(C(C)=O)cc([N+](=O)[O-])c1C=O. The predicted molar refractivity (Wildman–Crippen MR) is 55.0 cm³/mol. The predicted octanol–water partition coefficient (Wildman–Crippen LogP) is 1.62. The first-order valence-corrected chi connectivity index (χ1v) is 4.33. The lowest BCUT2D eigenvalue weighted by molar-refractivity contribution is -0.385. The molecule has 0 saturated carbocycles. The number of Topliss-reactive ketones (excluding diaryl/α,β-unsaturated/α-hetero) is 1. The molecule has 0 radical (unpaired) electrons. The van der Waals surface area contributed by atoms with Gasteiger partial charge >= 0.3 is 0 Å². The monoisotopic (exact) mass is 223 g/mol. The van der Waals surface area contributed by atoms with Crippen molar-refractivity contribution in [1.82, 2.24) is 0 Å². The number of nitro benzene ring substituents is 1. The lowest BCUT2D eigenvalue weighted by atomic mass is 10.1. The number of carbonyl (C=O) groups is 2. The number of hydrogen-bond donors (Lipinski definition) is 0. The van der Waals surface area contributed by atoms with Gasteiger partial charge in [0.05, 0.1) is 12.0 Å². The van der Waals surface area contributed by atoms with Gasteiger partial charge in [-0.05, 0) is 13.0 Å². The summed E-state index contributed by atoms with van der Waals surface area (Å²) in [6, 6.07) is 2.37. The number of benzene rings is 1. The van der Waals surface area contributed by atoms with Crippen LogP contribution < -0.4 is 4.74 Å². The van der Waals surface area contributed by atoms with Crippen LogP contribution in [0.2, 0.25) is 0 Å². The van der Waals surface area contributed by atoms with Gasteiger partial charge in [0, 0.05) is 11.6 Å². The molecule has 0 aliphatic carbocycles. The number of aldehydes is 1. The number of methoxy groups -OCH3 is 1. The Morgan fingerprint density at radius 1 is 1.50 bits per heavy atom. The Morgan fingerprint density at radius 3 is 2.50 bits per heavy atom. The number of rotatable bonds is 4. The Kier molecular flexibility index (Phi) is 3.34. The van der Waals surface area contributed by atoms with Crippen molar-refractivity contribution >= 4 is 17.8 Å². The molecule has 6 heteroatoms. The third kappa shape index (κ3) is 2.05. The van der Waals surface area contributed by atoms with Gasteiger partial charge in [-0.25, -0.2) is 0 Å². The summed E-state index contributed by atoms with van der Waals surface area (Å²) in [6.07, 6.45) is 0.334. The molecule has 0 fully saturated rings. The summed E-state index contributed by atoms with van der Waals surface area (Å²) < 4.78 is 4.83. The summed E-state index contributed by atoms with van der Waals surface area (Å²) >= 11 is 0. The van der Waals surface area contributed by atoms with Gasteiger partial charge in [0.25, 0.3) is 5.69 Å². The Labute approximate surface area is 91.0 Å². The van der Waals surface area contributed by atoms with E-state index in [9.17, 15) is 19.7 Å². The van der Waals surface area contributed by atoms with Crippen LogP contribution in [-0.2, 0) is 0 Å². The zero-order valence-corrected chi connectivity index (χ0v) is 8.72. The maximum Gasteiger partial charge on any atom is 0.284 e. The van der Waals surface area contributed by atoms with Crippen molar-refractivity contribution in [2.24, 2.45) is 0 Å². The number of nitrogens with zero attached hydrogens (tertiary/aromatic N) is 1. The van der Waals surface area contributed by atoms with E-state index in [0.717, 1.165) is 6.07 Å². The zero-order valence-electron chi connectivity index (χ0n) is 8.72. The van der Waals surface area contributed by atoms with Gasteiger partial charge in [0.15, 0.2) is 12.1 Å². The van der Waals surface area contributed by atoms with Crippen LogP contribution in [0.15, 0.2) is 12.1 Å². The molecule has 0 heterocycles. The van der Waals surface area contributed by atoms with Crippen molar-refractivity contribution in [1.29, 1.82) is 0 Å². The van der Waals surface area contributed by atoms with Crippen LogP contribution in [0.3, 0.4) is 0 Å². The molecule has 6 nitrogen and oxygen atoms in total. The highest BCUT2D eigenvalue weighted by molar-refractivity contribution is 5.97. The van der Waals surface area contributed by atoms with Crippen molar-refractivity contribution in [3.8, 4) is 5.75 Å². The maximum atomic E-state index is 11.1. The van der Waals surface area contributed by atoms with Gasteiger partial charge in [-0.15, -0.1) is 0 Å². The van der Waals surface area contributed by atoms with E-state index in [4.69, 9.17) is 4.74 Å². The van der Waals surface area contributed by atoms with E-state index >= 15 is 0 Å². The second kappa shape index (κ2) is 4.52. The third-order valence-corrected chi connectivity index (χ3v) is 2.06. The topological polar surface area (TPSA) is 86.5 Å². The van der Waals surface area contributed by atoms with Crippen LogP contribution in [0.1, 0.15) is 27.6 Å². The van der Waals surface area contributed by atoms with Gasteiger partial charge in [0.1, 0.15) is 11.3 Å². The Balaban J connectivity index is 3.55. The van der Waals surface area contributed by atoms with E-state index in [1.807, 2.05) is 0 Å². The molecule has 0 aliphatic rings. The maximum absolute atomic E-state index is 11.1. The Morgan fingerprint density at radius 2 is 2.12 bits per heavy atom. The number of nitro groups is 1. The zero-order chi connectivity index (χ0) is 12.3. The molecule has 0 atom stereocenters. The molecule has 1 aromatic carbocycles. The second-order valence-corrected chi connectivity index (χ2v) is 3.04. The number of ketones is 1. The molecule has 1 aromatic rings. The normalized spacial score (nSPS) is 9.62. The summed E-state index contributed by atoms with van der Waals surface area (Å²) in [7, 11) is 1.27. The number of hydrogen-bond acceptors (Lipinski definition) is 5. The first-order valence-electron chi connectivity index (χ1n) is 4.33. The van der Waals surface area contributed by atoms with Crippen molar-refractivity contribution in [3.63, 3.8) is 0 Å². The van der Waals surface area contributed by atoms with Gasteiger partial charge < -0.3 is 4.74 Å². The molecule has 0 unspecified atom stereocenters. The van der Waals surface area contributed by atoms with Crippen LogP contribution >= 0.6 is 0 Å².